The standard InChI is InChI=1S/C28H27NSi.C22H22N2.C18H23NSi.C17H20N2.C16H17NO.C16H17NS.6CH4/c1-28(2,3)29-24-18-10-12-20-26(24)30(22-14-6-4-7-15-22,23-16-8-5-9-17-23)27-21-13-11-19-25(27)29;1-22(2,3)24-20-15-9-7-13-18(20)23(17-11-5-4-6-12-17)19-14-8-10-16-21(19)24;1-18(2,3)19-14-10-6-8-12-16(14)20(4,5)17-13-9-7-11-15(17)19;1-17(2,3)19-15-11-7-5-9-13(15)18(4)14-10-6-8-12-16(14)19;2*1-16(2,3)17-12-8-4-6-10-14(12)18-15-11-7-5-9-13(15)17;;;;;;/h4-21H,1-3H3;4-16H,1-3H3;6-13H,1-5H3;5-12H,1-4H3;2*4-11H,1-3H3;6*1H4. The first kappa shape index (κ1) is 104. The third kappa shape index (κ3) is 20.3. The average Bonchev–Trinajstić information content (AvgIpc) is 0.685. The lowest BCUT2D eigenvalue weighted by Gasteiger charge is -2.49. The molecule has 12 heteroatoms. The van der Waals surface area contributed by atoms with Gasteiger partial charge in [-0.3, -0.25) is 0 Å². The summed E-state index contributed by atoms with van der Waals surface area (Å²) >= 11 is 1.86. The molecule has 0 aromatic heterocycles. The Morgan fingerprint density at radius 3 is 0.733 bits per heavy atom. The van der Waals surface area contributed by atoms with Crippen LogP contribution in [0.15, 0.2) is 392 Å². The van der Waals surface area contributed by atoms with Gasteiger partial charge in [0.2, 0.25) is 0 Å². The fourth-order valence-electron chi connectivity index (χ4n) is 19.8. The smallest absolute Gasteiger partial charge is 0.183 e. The van der Waals surface area contributed by atoms with Gasteiger partial charge >= 0.3 is 0 Å². The van der Waals surface area contributed by atoms with Crippen molar-refractivity contribution in [2.45, 2.75) is 225 Å². The molecule has 9 nitrogen and oxygen atoms in total. The summed E-state index contributed by atoms with van der Waals surface area (Å²) in [6, 6.07) is 137. The molecule has 0 amide bonds. The van der Waals surface area contributed by atoms with Crippen LogP contribution >= 0.6 is 11.8 Å². The van der Waals surface area contributed by atoms with Gasteiger partial charge in [-0.1, -0.05) is 318 Å². The molecule has 0 saturated carbocycles. The highest BCUT2D eigenvalue weighted by molar-refractivity contribution is 7.99. The molecule has 0 spiro atoms. The van der Waals surface area contributed by atoms with Gasteiger partial charge in [0.15, 0.2) is 19.6 Å². The molecule has 0 radical (unpaired) electrons. The Balaban J connectivity index is 0.000000168. The summed E-state index contributed by atoms with van der Waals surface area (Å²) in [5, 5.41) is 8.91. The number of ether oxygens (including phenoxy) is 1. The summed E-state index contributed by atoms with van der Waals surface area (Å²) < 4.78 is 5.96. The van der Waals surface area contributed by atoms with Gasteiger partial charge in [-0.15, -0.1) is 0 Å². The van der Waals surface area contributed by atoms with Crippen molar-refractivity contribution in [1.29, 1.82) is 0 Å². The van der Waals surface area contributed by atoms with E-state index in [0.717, 1.165) is 22.9 Å². The van der Waals surface area contributed by atoms with Crippen LogP contribution in [0.3, 0.4) is 0 Å². The van der Waals surface area contributed by atoms with E-state index in [9.17, 15) is 0 Å². The van der Waals surface area contributed by atoms with E-state index in [4.69, 9.17) is 4.74 Å². The van der Waals surface area contributed by atoms with Gasteiger partial charge < -0.3 is 43.9 Å². The van der Waals surface area contributed by atoms with Gasteiger partial charge in [0.1, 0.15) is 8.07 Å². The lowest BCUT2D eigenvalue weighted by Crippen LogP contribution is -2.78. The molecular formula is C123H150N8OSSi2. The molecule has 15 aromatic carbocycles. The predicted octanol–water partition coefficient (Wildman–Crippen LogP) is 32.8. The van der Waals surface area contributed by atoms with Crippen LogP contribution in [0.25, 0.3) is 0 Å². The highest BCUT2D eigenvalue weighted by Crippen LogP contribution is 2.56. The van der Waals surface area contributed by atoms with Crippen molar-refractivity contribution >= 4 is 156 Å². The second-order valence-corrected chi connectivity index (χ2v) is 49.6. The number of hydrogen-bond donors (Lipinski definition) is 0. The molecule has 0 fully saturated rings. The first-order chi connectivity index (χ1) is 61.6. The Bertz CT molecular complexity index is 6040. The van der Waals surface area contributed by atoms with Gasteiger partial charge in [0, 0.05) is 78.5 Å². The van der Waals surface area contributed by atoms with Crippen LogP contribution in [0, 0.1) is 0 Å². The maximum atomic E-state index is 5.96. The fraction of sp³-hybridized carbons (Fsp3) is 0.268. The fourth-order valence-corrected chi connectivity index (χ4v) is 28.9. The minimum Gasteiger partial charge on any atom is -0.453 e. The summed E-state index contributed by atoms with van der Waals surface area (Å²) in [6.07, 6.45) is 0. The Morgan fingerprint density at radius 2 is 0.415 bits per heavy atom. The molecular weight excluding hydrogens is 1690 g/mol. The van der Waals surface area contributed by atoms with Gasteiger partial charge in [0.05, 0.1) is 68.2 Å². The zero-order chi connectivity index (χ0) is 91.2. The van der Waals surface area contributed by atoms with Crippen LogP contribution in [0.1, 0.15) is 169 Å². The normalized spacial score (nSPS) is 13.8. The van der Waals surface area contributed by atoms with E-state index in [-0.39, 0.29) is 77.8 Å². The number of anilines is 17. The molecule has 6 heterocycles. The minimum absolute atomic E-state index is 0. The van der Waals surface area contributed by atoms with Crippen LogP contribution in [0.5, 0.6) is 11.5 Å². The first-order valence-electron chi connectivity index (χ1n) is 45.6. The van der Waals surface area contributed by atoms with Crippen molar-refractivity contribution in [3.8, 4) is 11.5 Å². The number of nitrogens with zero attached hydrogens (tertiary/aromatic N) is 8. The summed E-state index contributed by atoms with van der Waals surface area (Å²) in [7, 11) is -1.90. The molecule has 6 aliphatic heterocycles. The van der Waals surface area contributed by atoms with Crippen molar-refractivity contribution < 1.29 is 4.74 Å². The van der Waals surface area contributed by atoms with Crippen molar-refractivity contribution in [2.75, 3.05) is 46.2 Å². The van der Waals surface area contributed by atoms with Crippen LogP contribution in [0.4, 0.5) is 96.7 Å². The summed E-state index contributed by atoms with van der Waals surface area (Å²) in [6.45, 7) is 45.7. The monoisotopic (exact) mass is 1840 g/mol. The maximum Gasteiger partial charge on any atom is 0.183 e. The predicted molar refractivity (Wildman–Crippen MR) is 603 cm³/mol. The molecule has 0 aliphatic carbocycles. The summed E-state index contributed by atoms with van der Waals surface area (Å²) in [5.74, 6) is 1.84. The number of hydrogen-bond acceptors (Lipinski definition) is 10. The largest absolute Gasteiger partial charge is 0.453 e. The third-order valence-corrected chi connectivity index (χ3v) is 34.3. The maximum absolute atomic E-state index is 5.96. The number of benzene rings is 15. The summed E-state index contributed by atoms with van der Waals surface area (Å²) in [4.78, 5) is 22.0. The van der Waals surface area contributed by atoms with Crippen LogP contribution in [-0.2, 0) is 0 Å². The van der Waals surface area contributed by atoms with E-state index in [1.165, 1.54) is 116 Å². The molecule has 0 unspecified atom stereocenters. The SMILES string of the molecule is C.C.C.C.C.C.CC(C)(C)N1c2ccccc2N(c2ccccc2)c2ccccc21.CC(C)(C)N1c2ccccc2Oc2ccccc21.CC(C)(C)N1c2ccccc2Sc2ccccc21.CC(C)(C)N1c2ccccc2[Si](C)(C)c2ccccc21.CC(C)(C)N1c2ccccc2[Si](c2ccccc2)(c2ccccc2)c2ccccc21.CN1c2ccccc2N(C(C)(C)C)c2ccccc21. The van der Waals surface area contributed by atoms with E-state index in [2.05, 4.69) is 542 Å². The number of fused-ring (bicyclic) bond motifs is 12. The van der Waals surface area contributed by atoms with Crippen molar-refractivity contribution in [2.24, 2.45) is 0 Å². The van der Waals surface area contributed by atoms with Crippen molar-refractivity contribution in [3.63, 3.8) is 0 Å². The highest BCUT2D eigenvalue weighted by atomic mass is 32.2. The van der Waals surface area contributed by atoms with E-state index in [0.29, 0.717) is 0 Å². The Hall–Kier alpha value is -12.7. The van der Waals surface area contributed by atoms with Crippen molar-refractivity contribution in [1.82, 2.24) is 0 Å². The molecule has 15 aromatic rings. The highest BCUT2D eigenvalue weighted by Gasteiger charge is 2.50. The van der Waals surface area contributed by atoms with Gasteiger partial charge in [-0.05, 0) is 289 Å². The Labute approximate surface area is 819 Å². The van der Waals surface area contributed by atoms with Crippen molar-refractivity contribution in [3.05, 3.63) is 382 Å². The lowest BCUT2D eigenvalue weighted by atomic mass is 9.98. The van der Waals surface area contributed by atoms with Crippen LogP contribution in [-0.4, -0.2) is 56.4 Å². The average molecular weight is 1840 g/mol. The number of para-hydroxylation sites is 19. The van der Waals surface area contributed by atoms with E-state index >= 15 is 0 Å². The second kappa shape index (κ2) is 41.6. The molecule has 702 valence electrons. The lowest BCUT2D eigenvalue weighted by molar-refractivity contribution is 0.451. The minimum atomic E-state index is -2.44. The molecule has 6 aliphatic rings. The molecule has 135 heavy (non-hydrogen) atoms. The molecule has 0 bridgehead atoms. The van der Waals surface area contributed by atoms with Gasteiger partial charge in [-0.25, -0.2) is 0 Å². The Kier molecular flexibility index (Phi) is 32.2. The zero-order valence-corrected chi connectivity index (χ0v) is 82.1. The third-order valence-electron chi connectivity index (χ3n) is 24.7. The molecule has 0 saturated heterocycles. The molecule has 21 rings (SSSR count). The van der Waals surface area contributed by atoms with E-state index < -0.39 is 16.1 Å². The van der Waals surface area contributed by atoms with Crippen LogP contribution in [0.2, 0.25) is 13.1 Å². The molecule has 0 N–H and O–H groups in total. The summed E-state index contributed by atoms with van der Waals surface area (Å²) in [5.41, 5.74) is 21.7. The Morgan fingerprint density at radius 1 is 0.207 bits per heavy atom. The van der Waals surface area contributed by atoms with Gasteiger partial charge in [0.25, 0.3) is 0 Å². The first-order valence-corrected chi connectivity index (χ1v) is 51.4. The topological polar surface area (TPSA) is 35.2 Å². The van der Waals surface area contributed by atoms with E-state index in [1.54, 1.807) is 10.4 Å². The zero-order valence-electron chi connectivity index (χ0n) is 79.3. The number of rotatable bonds is 3. The quantitative estimate of drug-likeness (QED) is 0.160. The van der Waals surface area contributed by atoms with E-state index in [1.807, 2.05) is 36.0 Å². The second-order valence-electron chi connectivity index (χ2n) is 40.5. The van der Waals surface area contributed by atoms with Gasteiger partial charge in [-0.2, -0.15) is 0 Å². The molecule has 0 atom stereocenters. The van der Waals surface area contributed by atoms with Crippen LogP contribution < -0.4 is 75.1 Å².